The predicted octanol–water partition coefficient (Wildman–Crippen LogP) is 4.01. The highest BCUT2D eigenvalue weighted by molar-refractivity contribution is 7.13. The molecule has 0 unspecified atom stereocenters. The van der Waals surface area contributed by atoms with Crippen LogP contribution in [0.4, 0.5) is 5.82 Å². The second-order valence-electron chi connectivity index (χ2n) is 4.63. The molecular weight excluding hydrogens is 280 g/mol. The molecule has 0 aliphatic heterocycles. The van der Waals surface area contributed by atoms with Crippen molar-refractivity contribution in [1.82, 2.24) is 15.0 Å². The Bertz CT molecular complexity index is 724. The maximum absolute atomic E-state index is 4.75. The van der Waals surface area contributed by atoms with Crippen LogP contribution in [-0.2, 0) is 0 Å². The minimum Gasteiger partial charge on any atom is -0.370 e. The second kappa shape index (κ2) is 6.01. The molecule has 0 saturated heterocycles. The summed E-state index contributed by atoms with van der Waals surface area (Å²) < 4.78 is 0. The van der Waals surface area contributed by atoms with Crippen molar-refractivity contribution in [2.75, 3.05) is 11.9 Å². The molecule has 0 saturated carbocycles. The van der Waals surface area contributed by atoms with E-state index in [1.165, 1.54) is 0 Å². The van der Waals surface area contributed by atoms with Gasteiger partial charge in [-0.2, -0.15) is 0 Å². The van der Waals surface area contributed by atoms with Crippen molar-refractivity contribution in [3.05, 3.63) is 47.6 Å². The molecule has 1 aromatic carbocycles. The van der Waals surface area contributed by atoms with Gasteiger partial charge in [-0.1, -0.05) is 30.3 Å². The van der Waals surface area contributed by atoms with E-state index in [1.54, 1.807) is 23.0 Å². The molecule has 0 aliphatic carbocycles. The van der Waals surface area contributed by atoms with Gasteiger partial charge >= 0.3 is 0 Å². The summed E-state index contributed by atoms with van der Waals surface area (Å²) in [7, 11) is 0. The summed E-state index contributed by atoms with van der Waals surface area (Å²) in [6.45, 7) is 4.95. The Morgan fingerprint density at radius 1 is 1.14 bits per heavy atom. The molecule has 2 aromatic heterocycles. The van der Waals surface area contributed by atoms with Gasteiger partial charge in [0.15, 0.2) is 5.82 Å². The number of hydrogen-bond acceptors (Lipinski definition) is 5. The summed E-state index contributed by atoms with van der Waals surface area (Å²) in [5, 5.41) is 3.32. The third-order valence-corrected chi connectivity index (χ3v) is 3.96. The summed E-state index contributed by atoms with van der Waals surface area (Å²) in [6.07, 6.45) is 1.81. The number of nitrogens with zero attached hydrogens (tertiary/aromatic N) is 3. The summed E-state index contributed by atoms with van der Waals surface area (Å²) >= 11 is 1.55. The van der Waals surface area contributed by atoms with Crippen molar-refractivity contribution >= 4 is 17.2 Å². The largest absolute Gasteiger partial charge is 0.370 e. The highest BCUT2D eigenvalue weighted by Gasteiger charge is 2.14. The zero-order valence-corrected chi connectivity index (χ0v) is 12.8. The standard InChI is InChI=1S/C16H16N4S/c1-3-18-15-11(2)14(12-7-5-4-6-8-12)19-16(20-15)13-9-17-10-21-13/h4-10H,3H2,1-2H3,(H,18,19,20). The molecule has 0 atom stereocenters. The lowest BCUT2D eigenvalue weighted by molar-refractivity contribution is 1.10. The molecule has 3 rings (SSSR count). The van der Waals surface area contributed by atoms with Crippen LogP contribution in [-0.4, -0.2) is 21.5 Å². The Balaban J connectivity index is 2.18. The topological polar surface area (TPSA) is 50.7 Å². The van der Waals surface area contributed by atoms with Gasteiger partial charge in [0.05, 0.1) is 16.1 Å². The number of benzene rings is 1. The number of rotatable bonds is 4. The Hall–Kier alpha value is -2.27. The molecular formula is C16H16N4S. The van der Waals surface area contributed by atoms with Crippen LogP contribution in [0, 0.1) is 6.92 Å². The van der Waals surface area contributed by atoms with Gasteiger partial charge < -0.3 is 5.32 Å². The van der Waals surface area contributed by atoms with E-state index in [0.29, 0.717) is 0 Å². The molecule has 3 aromatic rings. The van der Waals surface area contributed by atoms with E-state index in [1.807, 2.05) is 18.2 Å². The number of nitrogens with one attached hydrogen (secondary N) is 1. The minimum atomic E-state index is 0.720. The molecule has 0 amide bonds. The zero-order chi connectivity index (χ0) is 14.7. The first-order valence-corrected chi connectivity index (χ1v) is 7.74. The molecule has 2 heterocycles. The molecule has 0 aliphatic rings. The highest BCUT2D eigenvalue weighted by atomic mass is 32.1. The van der Waals surface area contributed by atoms with E-state index >= 15 is 0 Å². The van der Waals surface area contributed by atoms with Crippen LogP contribution >= 0.6 is 11.3 Å². The molecule has 106 valence electrons. The van der Waals surface area contributed by atoms with Crippen molar-refractivity contribution < 1.29 is 0 Å². The van der Waals surface area contributed by atoms with Crippen molar-refractivity contribution in [1.29, 1.82) is 0 Å². The SMILES string of the molecule is CCNc1nc(-c2cncs2)nc(-c2ccccc2)c1C. The lowest BCUT2D eigenvalue weighted by Crippen LogP contribution is -2.05. The summed E-state index contributed by atoms with van der Waals surface area (Å²) in [6, 6.07) is 10.2. The molecule has 5 heteroatoms. The quantitative estimate of drug-likeness (QED) is 0.790. The molecule has 1 N–H and O–H groups in total. The van der Waals surface area contributed by atoms with Gasteiger partial charge in [-0.25, -0.2) is 9.97 Å². The Kier molecular flexibility index (Phi) is 3.92. The second-order valence-corrected chi connectivity index (χ2v) is 5.52. The van der Waals surface area contributed by atoms with Crippen LogP contribution in [0.15, 0.2) is 42.0 Å². The predicted molar refractivity (Wildman–Crippen MR) is 87.5 cm³/mol. The number of anilines is 1. The van der Waals surface area contributed by atoms with Crippen molar-refractivity contribution in [2.45, 2.75) is 13.8 Å². The van der Waals surface area contributed by atoms with Crippen LogP contribution in [0.25, 0.3) is 22.0 Å². The van der Waals surface area contributed by atoms with E-state index in [2.05, 4.69) is 41.3 Å². The average molecular weight is 296 g/mol. The fourth-order valence-corrected chi connectivity index (χ4v) is 2.72. The van der Waals surface area contributed by atoms with Gasteiger partial charge in [0.1, 0.15) is 5.82 Å². The first-order valence-electron chi connectivity index (χ1n) is 6.86. The Morgan fingerprint density at radius 3 is 2.62 bits per heavy atom. The van der Waals surface area contributed by atoms with Crippen molar-refractivity contribution in [3.63, 3.8) is 0 Å². The lowest BCUT2D eigenvalue weighted by Gasteiger charge is -2.12. The molecule has 0 spiro atoms. The molecule has 4 nitrogen and oxygen atoms in total. The number of hydrogen-bond donors (Lipinski definition) is 1. The fraction of sp³-hybridized carbons (Fsp3) is 0.188. The van der Waals surface area contributed by atoms with Crippen LogP contribution < -0.4 is 5.32 Å². The van der Waals surface area contributed by atoms with Crippen molar-refractivity contribution in [3.8, 4) is 22.0 Å². The van der Waals surface area contributed by atoms with Crippen LogP contribution in [0.3, 0.4) is 0 Å². The molecule has 0 bridgehead atoms. The minimum absolute atomic E-state index is 0.720. The van der Waals surface area contributed by atoms with Gasteiger partial charge in [-0.15, -0.1) is 11.3 Å². The lowest BCUT2D eigenvalue weighted by atomic mass is 10.1. The molecule has 21 heavy (non-hydrogen) atoms. The summed E-state index contributed by atoms with van der Waals surface area (Å²) in [4.78, 5) is 14.5. The average Bonchev–Trinajstić information content (AvgIpc) is 3.05. The molecule has 0 radical (unpaired) electrons. The van der Waals surface area contributed by atoms with Gasteiger partial charge in [-0.3, -0.25) is 4.98 Å². The van der Waals surface area contributed by atoms with Gasteiger partial charge in [0.25, 0.3) is 0 Å². The van der Waals surface area contributed by atoms with E-state index in [9.17, 15) is 0 Å². The number of thiazole rings is 1. The molecule has 0 fully saturated rings. The van der Waals surface area contributed by atoms with E-state index in [0.717, 1.165) is 39.9 Å². The Labute approximate surface area is 127 Å². The van der Waals surface area contributed by atoms with Crippen LogP contribution in [0.1, 0.15) is 12.5 Å². The van der Waals surface area contributed by atoms with E-state index in [4.69, 9.17) is 4.98 Å². The first kappa shape index (κ1) is 13.7. The van der Waals surface area contributed by atoms with Gasteiger partial charge in [-0.05, 0) is 13.8 Å². The highest BCUT2D eigenvalue weighted by Crippen LogP contribution is 2.29. The zero-order valence-electron chi connectivity index (χ0n) is 12.0. The van der Waals surface area contributed by atoms with Gasteiger partial charge in [0.2, 0.25) is 0 Å². The van der Waals surface area contributed by atoms with E-state index < -0.39 is 0 Å². The fourth-order valence-electron chi connectivity index (χ4n) is 2.17. The normalized spacial score (nSPS) is 10.6. The third-order valence-electron chi connectivity index (χ3n) is 3.19. The first-order chi connectivity index (χ1) is 10.3. The summed E-state index contributed by atoms with van der Waals surface area (Å²) in [5.74, 6) is 1.60. The monoisotopic (exact) mass is 296 g/mol. The third kappa shape index (κ3) is 2.78. The van der Waals surface area contributed by atoms with Crippen LogP contribution in [0.5, 0.6) is 0 Å². The Morgan fingerprint density at radius 2 is 1.95 bits per heavy atom. The summed E-state index contributed by atoms with van der Waals surface area (Å²) in [5.41, 5.74) is 4.93. The van der Waals surface area contributed by atoms with Gasteiger partial charge in [0, 0.05) is 23.9 Å². The van der Waals surface area contributed by atoms with E-state index in [-0.39, 0.29) is 0 Å². The number of aromatic nitrogens is 3. The smallest absolute Gasteiger partial charge is 0.173 e. The maximum atomic E-state index is 4.75. The van der Waals surface area contributed by atoms with Crippen LogP contribution in [0.2, 0.25) is 0 Å². The van der Waals surface area contributed by atoms with Crippen molar-refractivity contribution in [2.24, 2.45) is 0 Å². The maximum Gasteiger partial charge on any atom is 0.173 e.